The Morgan fingerprint density at radius 3 is 1.83 bits per heavy atom. The van der Waals surface area contributed by atoms with Gasteiger partial charge >= 0.3 is 0 Å². The summed E-state index contributed by atoms with van der Waals surface area (Å²) in [7, 11) is -2.11. The van der Waals surface area contributed by atoms with Crippen LogP contribution >= 0.6 is 10.6 Å². The van der Waals surface area contributed by atoms with E-state index in [-0.39, 0.29) is 0 Å². The monoisotopic (exact) mass is 107 g/mol. The minimum atomic E-state index is -2.11. The first-order valence-corrected chi connectivity index (χ1v) is 3.58. The molecule has 0 unspecified atom stereocenters. The molecule has 2 N–H and O–H groups in total. The molecule has 0 aromatic rings. The van der Waals surface area contributed by atoms with E-state index < -0.39 is 10.6 Å². The van der Waals surface area contributed by atoms with Gasteiger partial charge in [0.15, 0.2) is 0 Å². The van der Waals surface area contributed by atoms with Crippen molar-refractivity contribution in [3.05, 3.63) is 5.75 Å². The van der Waals surface area contributed by atoms with Gasteiger partial charge in [0.25, 0.3) is 0 Å². The van der Waals surface area contributed by atoms with E-state index in [4.69, 9.17) is 9.11 Å². The summed E-state index contributed by atoms with van der Waals surface area (Å²) in [5.74, 6) is 2.15. The lowest BCUT2D eigenvalue weighted by Crippen LogP contribution is -2.13. The van der Waals surface area contributed by atoms with E-state index in [1.54, 1.807) is 5.75 Å². The normalized spacial score (nSPS) is 34.3. The Morgan fingerprint density at radius 2 is 1.83 bits per heavy atom. The zero-order chi connectivity index (χ0) is 4.62. The van der Waals surface area contributed by atoms with Crippen molar-refractivity contribution in [2.24, 2.45) is 0 Å². The fraction of sp³-hybridized carbons (Fsp3) is 0.667. The van der Waals surface area contributed by atoms with Gasteiger partial charge in [-0.25, -0.2) is 0 Å². The predicted octanol–water partition coefficient (Wildman–Crippen LogP) is 1.30. The predicted molar refractivity (Wildman–Crippen MR) is 26.6 cm³/mol. The molecule has 0 bridgehead atoms. The molecular weight excluding hydrogens is 100 g/mol. The lowest BCUT2D eigenvalue weighted by Gasteiger charge is -2.39. The smallest absolute Gasteiger partial charge is 0.0702 e. The first-order chi connectivity index (χ1) is 2.71. The molecule has 1 heterocycles. The van der Waals surface area contributed by atoms with Crippen LogP contribution in [0.2, 0.25) is 0 Å². The third-order valence-corrected chi connectivity index (χ3v) is 2.41. The second kappa shape index (κ2) is 1.12. The highest BCUT2D eigenvalue weighted by molar-refractivity contribution is 8.27. The molecule has 3 heteroatoms. The van der Waals surface area contributed by atoms with Crippen molar-refractivity contribution >= 4 is 10.6 Å². The molecule has 0 aromatic heterocycles. The van der Waals surface area contributed by atoms with E-state index in [0.717, 1.165) is 6.42 Å². The number of hydrogen-bond acceptors (Lipinski definition) is 2. The van der Waals surface area contributed by atoms with E-state index in [1.807, 2.05) is 0 Å². The second-order valence-electron chi connectivity index (χ2n) is 1.38. The van der Waals surface area contributed by atoms with Crippen LogP contribution in [0.15, 0.2) is 0 Å². The fourth-order valence-electron chi connectivity index (χ4n) is 0.329. The summed E-state index contributed by atoms with van der Waals surface area (Å²) in [6, 6.07) is 0. The second-order valence-corrected chi connectivity index (χ2v) is 3.55. The van der Waals surface area contributed by atoms with Gasteiger partial charge in [0.1, 0.15) is 0 Å². The zero-order valence-electron chi connectivity index (χ0n) is 3.29. The Kier molecular flexibility index (Phi) is 0.825. The van der Waals surface area contributed by atoms with Crippen LogP contribution in [0.3, 0.4) is 0 Å². The average molecular weight is 107 g/mol. The van der Waals surface area contributed by atoms with Gasteiger partial charge < -0.3 is 0 Å². The van der Waals surface area contributed by atoms with Gasteiger partial charge in [0, 0.05) is 5.75 Å². The van der Waals surface area contributed by atoms with Crippen molar-refractivity contribution in [3.63, 3.8) is 0 Å². The molecule has 1 radical (unpaired) electrons. The van der Waals surface area contributed by atoms with Crippen molar-refractivity contribution < 1.29 is 9.11 Å². The summed E-state index contributed by atoms with van der Waals surface area (Å²) in [6.45, 7) is 0. The molecule has 6 heavy (non-hydrogen) atoms. The van der Waals surface area contributed by atoms with Crippen LogP contribution in [-0.4, -0.2) is 14.9 Å². The molecule has 37 valence electrons. The van der Waals surface area contributed by atoms with Crippen molar-refractivity contribution in [2.75, 3.05) is 5.75 Å². The number of rotatable bonds is 0. The summed E-state index contributed by atoms with van der Waals surface area (Å²) in [6.07, 6.45) is 0.877. The quantitative estimate of drug-likeness (QED) is 0.490. The maximum Gasteiger partial charge on any atom is 0.0702 e. The van der Waals surface area contributed by atoms with Crippen molar-refractivity contribution in [3.8, 4) is 0 Å². The van der Waals surface area contributed by atoms with Crippen LogP contribution in [0.1, 0.15) is 6.42 Å². The fourth-order valence-corrected chi connectivity index (χ4v) is 0.986. The highest BCUT2D eigenvalue weighted by atomic mass is 32.3. The Balaban J connectivity index is 2.31. The minimum absolute atomic E-state index is 0.590. The molecule has 0 atom stereocenters. The van der Waals surface area contributed by atoms with Crippen molar-refractivity contribution in [2.45, 2.75) is 6.42 Å². The van der Waals surface area contributed by atoms with Gasteiger partial charge in [-0.1, -0.05) is 0 Å². The molecule has 2 nitrogen and oxygen atoms in total. The van der Waals surface area contributed by atoms with Gasteiger partial charge in [0.2, 0.25) is 0 Å². The molecule has 1 rings (SSSR count). The summed E-state index contributed by atoms with van der Waals surface area (Å²) in [5, 5.41) is 0. The first kappa shape index (κ1) is 4.43. The summed E-state index contributed by atoms with van der Waals surface area (Å²) in [5.41, 5.74) is 0. The first-order valence-electron chi connectivity index (χ1n) is 1.80. The van der Waals surface area contributed by atoms with Crippen molar-refractivity contribution in [1.82, 2.24) is 0 Å². The Hall–Kier alpha value is 0.270. The Bertz CT molecular complexity index is 55.8. The van der Waals surface area contributed by atoms with E-state index in [2.05, 4.69) is 0 Å². The van der Waals surface area contributed by atoms with Crippen LogP contribution in [0.25, 0.3) is 0 Å². The zero-order valence-corrected chi connectivity index (χ0v) is 4.11. The molecule has 0 saturated carbocycles. The Labute approximate surface area is 38.5 Å². The van der Waals surface area contributed by atoms with Crippen molar-refractivity contribution in [1.29, 1.82) is 0 Å². The number of hydrogen-bond donors (Lipinski definition) is 2. The minimum Gasteiger partial charge on any atom is -0.299 e. The van der Waals surface area contributed by atoms with Gasteiger partial charge in [-0.2, -0.15) is 10.6 Å². The molecule has 0 aliphatic carbocycles. The maximum atomic E-state index is 8.50. The van der Waals surface area contributed by atoms with E-state index >= 15 is 0 Å². The molecule has 1 aliphatic heterocycles. The third kappa shape index (κ3) is 0.668. The lowest BCUT2D eigenvalue weighted by molar-refractivity contribution is 0.480. The molecule has 0 aromatic carbocycles. The van der Waals surface area contributed by atoms with E-state index in [1.165, 1.54) is 0 Å². The molecular formula is C3H7O2S. The summed E-state index contributed by atoms with van der Waals surface area (Å²) >= 11 is 0. The van der Waals surface area contributed by atoms with Crippen LogP contribution < -0.4 is 0 Å². The molecule has 0 amide bonds. The van der Waals surface area contributed by atoms with Crippen LogP contribution in [0.5, 0.6) is 0 Å². The SMILES string of the molecule is OS1(O)[CH]CC1. The summed E-state index contributed by atoms with van der Waals surface area (Å²) in [4.78, 5) is 0. The van der Waals surface area contributed by atoms with E-state index in [0.29, 0.717) is 5.75 Å². The maximum absolute atomic E-state index is 8.50. The summed E-state index contributed by atoms with van der Waals surface area (Å²) < 4.78 is 17.0. The van der Waals surface area contributed by atoms with Gasteiger partial charge in [0.05, 0.1) is 5.75 Å². The molecule has 0 spiro atoms. The van der Waals surface area contributed by atoms with Crippen LogP contribution in [0.4, 0.5) is 0 Å². The van der Waals surface area contributed by atoms with Crippen LogP contribution in [-0.2, 0) is 0 Å². The van der Waals surface area contributed by atoms with Gasteiger partial charge in [-0.15, -0.1) is 0 Å². The molecule has 1 aliphatic rings. The highest BCUT2D eigenvalue weighted by Gasteiger charge is 2.21. The lowest BCUT2D eigenvalue weighted by atomic mass is 10.5. The van der Waals surface area contributed by atoms with Gasteiger partial charge in [-0.3, -0.25) is 9.11 Å². The molecule has 1 saturated heterocycles. The largest absolute Gasteiger partial charge is 0.299 e. The Morgan fingerprint density at radius 1 is 1.50 bits per heavy atom. The topological polar surface area (TPSA) is 40.5 Å². The molecule has 1 fully saturated rings. The third-order valence-electron chi connectivity index (χ3n) is 0.803. The van der Waals surface area contributed by atoms with E-state index in [9.17, 15) is 0 Å². The van der Waals surface area contributed by atoms with Crippen LogP contribution in [0, 0.1) is 5.75 Å². The average Bonchev–Trinajstić information content (AvgIpc) is 1.32. The standard InChI is InChI=1S/C3H7O2S/c4-6(5)2-1-3-6/h2,4-5H,1,3H2. The highest BCUT2D eigenvalue weighted by Crippen LogP contribution is 2.52. The van der Waals surface area contributed by atoms with Gasteiger partial charge in [-0.05, 0) is 6.42 Å².